The lowest BCUT2D eigenvalue weighted by Crippen LogP contribution is -2.16. The van der Waals surface area contributed by atoms with Crippen molar-refractivity contribution in [3.05, 3.63) is 211 Å². The van der Waals surface area contributed by atoms with E-state index in [4.69, 9.17) is 4.98 Å². The molecule has 0 N–H and O–H groups in total. The number of hydrogen-bond donors (Lipinski definition) is 0. The van der Waals surface area contributed by atoms with Crippen LogP contribution in [-0.2, 0) is 5.41 Å². The molecule has 1 aliphatic carbocycles. The van der Waals surface area contributed by atoms with Gasteiger partial charge in [-0.15, -0.1) is 0 Å². The van der Waals surface area contributed by atoms with E-state index >= 15 is 0 Å². The van der Waals surface area contributed by atoms with Crippen LogP contribution >= 0.6 is 0 Å². The molecule has 0 amide bonds. The molecule has 0 radical (unpaired) electrons. The van der Waals surface area contributed by atoms with Crippen LogP contribution in [0.15, 0.2) is 200 Å². The largest absolute Gasteiger partial charge is 0.310 e. The standard InChI is InChI=1S/C54H39N3/c1-54(2)48-24-14-13-23-43(48)44-30-27-42(35-49(44)54)56(39-19-8-4-9-20-39)41-28-31-51-47(34-41)45-29-26-38(33-52(45)57(51)40-21-10-5-11-22-40)53-46(36-16-6-3-7-17-36)32-37-18-12-15-25-50(37)55-53/h3-35H,1-2H3. The summed E-state index contributed by atoms with van der Waals surface area (Å²) < 4.78 is 2.41. The van der Waals surface area contributed by atoms with E-state index in [1.807, 2.05) is 0 Å². The fourth-order valence-corrected chi connectivity index (χ4v) is 9.18. The maximum absolute atomic E-state index is 5.32. The van der Waals surface area contributed by atoms with E-state index in [0.717, 1.165) is 67.1 Å². The molecule has 0 atom stereocenters. The quantitative estimate of drug-likeness (QED) is 0.170. The third-order valence-electron chi connectivity index (χ3n) is 11.9. The zero-order chi connectivity index (χ0) is 38.1. The Morgan fingerprint density at radius 3 is 1.93 bits per heavy atom. The van der Waals surface area contributed by atoms with Gasteiger partial charge in [0.25, 0.3) is 0 Å². The highest BCUT2D eigenvalue weighted by atomic mass is 15.1. The van der Waals surface area contributed by atoms with Crippen molar-refractivity contribution in [2.75, 3.05) is 4.90 Å². The lowest BCUT2D eigenvalue weighted by molar-refractivity contribution is 0.660. The van der Waals surface area contributed by atoms with E-state index in [9.17, 15) is 0 Å². The van der Waals surface area contributed by atoms with E-state index in [1.165, 1.54) is 33.0 Å². The van der Waals surface area contributed by atoms with Crippen molar-refractivity contribution in [2.24, 2.45) is 0 Å². The van der Waals surface area contributed by atoms with Gasteiger partial charge >= 0.3 is 0 Å². The highest BCUT2D eigenvalue weighted by molar-refractivity contribution is 6.12. The molecule has 2 heterocycles. The minimum absolute atomic E-state index is 0.102. The van der Waals surface area contributed by atoms with Gasteiger partial charge in [0.1, 0.15) is 0 Å². The number of para-hydroxylation sites is 3. The molecular weight excluding hydrogens is 691 g/mol. The Morgan fingerprint density at radius 1 is 0.439 bits per heavy atom. The van der Waals surface area contributed by atoms with Crippen LogP contribution in [0.3, 0.4) is 0 Å². The Labute approximate surface area is 332 Å². The van der Waals surface area contributed by atoms with Crippen LogP contribution in [0.25, 0.3) is 71.9 Å². The molecule has 270 valence electrons. The molecule has 10 aromatic rings. The van der Waals surface area contributed by atoms with Crippen LogP contribution in [0.2, 0.25) is 0 Å². The third kappa shape index (κ3) is 5.31. The number of rotatable bonds is 6. The monoisotopic (exact) mass is 729 g/mol. The highest BCUT2D eigenvalue weighted by Gasteiger charge is 2.35. The van der Waals surface area contributed by atoms with E-state index in [0.29, 0.717) is 0 Å². The van der Waals surface area contributed by atoms with Gasteiger partial charge in [-0.3, -0.25) is 0 Å². The lowest BCUT2D eigenvalue weighted by atomic mass is 9.82. The minimum atomic E-state index is -0.102. The van der Waals surface area contributed by atoms with Crippen molar-refractivity contribution in [3.8, 4) is 39.2 Å². The Hall–Kier alpha value is -7.23. The van der Waals surface area contributed by atoms with E-state index in [-0.39, 0.29) is 5.41 Å². The van der Waals surface area contributed by atoms with Crippen molar-refractivity contribution in [1.82, 2.24) is 9.55 Å². The van der Waals surface area contributed by atoms with Gasteiger partial charge in [0, 0.05) is 55.5 Å². The number of aromatic nitrogens is 2. The first-order valence-corrected chi connectivity index (χ1v) is 19.7. The number of fused-ring (bicyclic) bond motifs is 7. The molecule has 3 heteroatoms. The van der Waals surface area contributed by atoms with E-state index < -0.39 is 0 Å². The fourth-order valence-electron chi connectivity index (χ4n) is 9.18. The maximum atomic E-state index is 5.32. The van der Waals surface area contributed by atoms with E-state index in [2.05, 4.69) is 224 Å². The van der Waals surface area contributed by atoms with Gasteiger partial charge < -0.3 is 9.47 Å². The summed E-state index contributed by atoms with van der Waals surface area (Å²) in [5.74, 6) is 0. The molecule has 0 fully saturated rings. The van der Waals surface area contributed by atoms with Crippen molar-refractivity contribution < 1.29 is 0 Å². The summed E-state index contributed by atoms with van der Waals surface area (Å²) in [5.41, 5.74) is 17.4. The second kappa shape index (κ2) is 12.9. The summed E-state index contributed by atoms with van der Waals surface area (Å²) in [6.07, 6.45) is 0. The first kappa shape index (κ1) is 33.1. The molecule has 0 saturated heterocycles. The molecular formula is C54H39N3. The number of nitrogens with zero attached hydrogens (tertiary/aromatic N) is 3. The number of pyridine rings is 1. The van der Waals surface area contributed by atoms with Gasteiger partial charge in [-0.25, -0.2) is 4.98 Å². The predicted octanol–water partition coefficient (Wildman–Crippen LogP) is 14.4. The second-order valence-electron chi connectivity index (χ2n) is 15.6. The normalized spacial score (nSPS) is 12.9. The fraction of sp³-hybridized carbons (Fsp3) is 0.0556. The summed E-state index contributed by atoms with van der Waals surface area (Å²) in [5, 5.41) is 3.52. The van der Waals surface area contributed by atoms with Crippen molar-refractivity contribution in [3.63, 3.8) is 0 Å². The smallest absolute Gasteiger partial charge is 0.0788 e. The predicted molar refractivity (Wildman–Crippen MR) is 239 cm³/mol. The van der Waals surface area contributed by atoms with Gasteiger partial charge in [0.2, 0.25) is 0 Å². The van der Waals surface area contributed by atoms with Crippen molar-refractivity contribution >= 4 is 49.8 Å². The molecule has 0 aliphatic heterocycles. The topological polar surface area (TPSA) is 21.1 Å². The van der Waals surface area contributed by atoms with Gasteiger partial charge in [-0.05, 0) is 101 Å². The Morgan fingerprint density at radius 2 is 1.11 bits per heavy atom. The summed E-state index contributed by atoms with van der Waals surface area (Å²) in [4.78, 5) is 7.73. The molecule has 0 saturated carbocycles. The number of benzene rings is 8. The van der Waals surface area contributed by atoms with Crippen molar-refractivity contribution in [1.29, 1.82) is 0 Å². The zero-order valence-electron chi connectivity index (χ0n) is 31.9. The number of hydrogen-bond acceptors (Lipinski definition) is 2. The molecule has 1 aliphatic rings. The molecule has 57 heavy (non-hydrogen) atoms. The van der Waals surface area contributed by atoms with Crippen LogP contribution in [0.1, 0.15) is 25.0 Å². The highest BCUT2D eigenvalue weighted by Crippen LogP contribution is 2.51. The average molecular weight is 730 g/mol. The first-order valence-electron chi connectivity index (χ1n) is 19.7. The van der Waals surface area contributed by atoms with Gasteiger partial charge in [-0.1, -0.05) is 141 Å². The minimum Gasteiger partial charge on any atom is -0.310 e. The van der Waals surface area contributed by atoms with Gasteiger partial charge in [0.15, 0.2) is 0 Å². The molecule has 11 rings (SSSR count). The summed E-state index contributed by atoms with van der Waals surface area (Å²) in [6.45, 7) is 4.70. The van der Waals surface area contributed by atoms with Crippen molar-refractivity contribution in [2.45, 2.75) is 19.3 Å². The van der Waals surface area contributed by atoms with Gasteiger partial charge in [0.05, 0.1) is 22.2 Å². The summed E-state index contributed by atoms with van der Waals surface area (Å²) in [6, 6.07) is 72.5. The second-order valence-corrected chi connectivity index (χ2v) is 15.6. The molecule has 0 spiro atoms. The van der Waals surface area contributed by atoms with E-state index in [1.54, 1.807) is 0 Å². The zero-order valence-corrected chi connectivity index (χ0v) is 31.9. The summed E-state index contributed by atoms with van der Waals surface area (Å²) >= 11 is 0. The third-order valence-corrected chi connectivity index (χ3v) is 11.9. The molecule has 3 nitrogen and oxygen atoms in total. The number of anilines is 3. The maximum Gasteiger partial charge on any atom is 0.0788 e. The Bertz CT molecular complexity index is 3140. The molecule has 0 bridgehead atoms. The lowest BCUT2D eigenvalue weighted by Gasteiger charge is -2.28. The average Bonchev–Trinajstić information content (AvgIpc) is 3.71. The van der Waals surface area contributed by atoms with Gasteiger partial charge in [-0.2, -0.15) is 0 Å². The first-order chi connectivity index (χ1) is 28.0. The van der Waals surface area contributed by atoms with Crippen LogP contribution in [0.5, 0.6) is 0 Å². The SMILES string of the molecule is CC1(C)c2ccccc2-c2ccc(N(c3ccccc3)c3ccc4c(c3)c3ccc(-c5nc6ccccc6cc5-c5ccccc5)cc3n4-c3ccccc3)cc21. The van der Waals surface area contributed by atoms with Crippen LogP contribution < -0.4 is 4.90 Å². The molecule has 8 aromatic carbocycles. The Kier molecular flexibility index (Phi) is 7.52. The molecule has 0 unspecified atom stereocenters. The van der Waals surface area contributed by atoms with Crippen LogP contribution in [0, 0.1) is 0 Å². The van der Waals surface area contributed by atoms with Crippen LogP contribution in [-0.4, -0.2) is 9.55 Å². The molecule has 2 aromatic heterocycles. The Balaban J connectivity index is 1.12. The summed E-state index contributed by atoms with van der Waals surface area (Å²) in [7, 11) is 0. The van der Waals surface area contributed by atoms with Crippen LogP contribution in [0.4, 0.5) is 17.1 Å².